The SMILES string of the molecule is COC(=O)c1[nH]c(C)c(/C([O-])=C2\C(=O)C(=O)N(CCC[n+]3cc[nH]c3)C2c2ccncc2)c1C. The van der Waals surface area contributed by atoms with Crippen LogP contribution in [0.2, 0.25) is 0 Å². The number of esters is 1. The van der Waals surface area contributed by atoms with Crippen LogP contribution in [0, 0.1) is 13.8 Å². The number of aromatic nitrogens is 4. The summed E-state index contributed by atoms with van der Waals surface area (Å²) < 4.78 is 6.71. The van der Waals surface area contributed by atoms with Crippen LogP contribution >= 0.6 is 0 Å². The number of likely N-dealkylation sites (tertiary alicyclic amines) is 1. The van der Waals surface area contributed by atoms with Gasteiger partial charge >= 0.3 is 5.97 Å². The molecule has 2 N–H and O–H groups in total. The van der Waals surface area contributed by atoms with Crippen LogP contribution in [0.4, 0.5) is 0 Å². The topological polar surface area (TPSA) is 135 Å². The summed E-state index contributed by atoms with van der Waals surface area (Å²) in [6.07, 6.45) is 9.16. The van der Waals surface area contributed by atoms with E-state index in [4.69, 9.17) is 4.74 Å². The van der Waals surface area contributed by atoms with E-state index < -0.39 is 29.5 Å². The lowest BCUT2D eigenvalue weighted by molar-refractivity contribution is -0.695. The first-order valence-electron chi connectivity index (χ1n) is 10.8. The van der Waals surface area contributed by atoms with Crippen molar-refractivity contribution in [1.82, 2.24) is 19.9 Å². The Bertz CT molecular complexity index is 1260. The molecule has 10 heteroatoms. The molecule has 34 heavy (non-hydrogen) atoms. The van der Waals surface area contributed by atoms with Crippen LogP contribution in [0.5, 0.6) is 0 Å². The third kappa shape index (κ3) is 3.98. The number of amides is 1. The molecular weight excluding hydrogens is 438 g/mol. The van der Waals surface area contributed by atoms with E-state index in [1.807, 2.05) is 10.8 Å². The van der Waals surface area contributed by atoms with Crippen molar-refractivity contribution >= 4 is 23.4 Å². The van der Waals surface area contributed by atoms with E-state index in [0.29, 0.717) is 29.8 Å². The molecule has 1 atom stereocenters. The maximum absolute atomic E-state index is 13.7. The summed E-state index contributed by atoms with van der Waals surface area (Å²) in [5.74, 6) is -2.75. The highest BCUT2D eigenvalue weighted by Gasteiger charge is 2.44. The Morgan fingerprint density at radius 1 is 1.26 bits per heavy atom. The largest absolute Gasteiger partial charge is 0.872 e. The molecule has 0 radical (unpaired) electrons. The van der Waals surface area contributed by atoms with Gasteiger partial charge in [-0.2, -0.15) is 0 Å². The van der Waals surface area contributed by atoms with E-state index in [1.165, 1.54) is 12.0 Å². The van der Waals surface area contributed by atoms with Crippen LogP contribution in [-0.2, 0) is 20.9 Å². The lowest BCUT2D eigenvalue weighted by Crippen LogP contribution is -2.36. The number of methoxy groups -OCH3 is 1. The van der Waals surface area contributed by atoms with Crippen molar-refractivity contribution in [2.45, 2.75) is 32.9 Å². The minimum atomic E-state index is -0.845. The summed E-state index contributed by atoms with van der Waals surface area (Å²) in [4.78, 5) is 49.6. The molecule has 0 bridgehead atoms. The maximum atomic E-state index is 13.7. The summed E-state index contributed by atoms with van der Waals surface area (Å²) >= 11 is 0. The van der Waals surface area contributed by atoms with Gasteiger partial charge in [0.2, 0.25) is 12.1 Å². The van der Waals surface area contributed by atoms with E-state index in [2.05, 4.69) is 15.0 Å². The molecule has 10 nitrogen and oxygen atoms in total. The molecule has 4 rings (SSSR count). The quantitative estimate of drug-likeness (QED) is 0.174. The number of rotatable bonds is 7. The Labute approximate surface area is 195 Å². The Hall–Kier alpha value is -4.21. The predicted octanol–water partition coefficient (Wildman–Crippen LogP) is 0.743. The molecule has 176 valence electrons. The number of aryl methyl sites for hydroxylation is 2. The third-order valence-corrected chi connectivity index (χ3v) is 6.02. The Morgan fingerprint density at radius 2 is 2.00 bits per heavy atom. The summed E-state index contributed by atoms with van der Waals surface area (Å²) in [7, 11) is 1.25. The number of imidazole rings is 1. The normalized spacial score (nSPS) is 17.4. The highest BCUT2D eigenvalue weighted by atomic mass is 16.5. The third-order valence-electron chi connectivity index (χ3n) is 6.02. The van der Waals surface area contributed by atoms with Crippen LogP contribution in [-0.4, -0.2) is 51.2 Å². The molecule has 0 aliphatic carbocycles. The van der Waals surface area contributed by atoms with E-state index in [-0.39, 0.29) is 23.4 Å². The first kappa shape index (κ1) is 23.0. The minimum Gasteiger partial charge on any atom is -0.872 e. The molecule has 3 aromatic rings. The number of pyridine rings is 1. The van der Waals surface area contributed by atoms with Crippen LogP contribution in [0.1, 0.15) is 45.3 Å². The van der Waals surface area contributed by atoms with E-state index >= 15 is 0 Å². The van der Waals surface area contributed by atoms with Gasteiger partial charge in [0.15, 0.2) is 0 Å². The molecular formula is C24H25N5O5. The van der Waals surface area contributed by atoms with Gasteiger partial charge < -0.3 is 19.7 Å². The second-order valence-corrected chi connectivity index (χ2v) is 8.07. The average molecular weight is 463 g/mol. The van der Waals surface area contributed by atoms with Crippen molar-refractivity contribution in [3.63, 3.8) is 0 Å². The number of carbonyl (C=O) groups excluding carboxylic acids is 3. The summed E-state index contributed by atoms with van der Waals surface area (Å²) in [6.45, 7) is 4.16. The summed E-state index contributed by atoms with van der Waals surface area (Å²) in [6, 6.07) is 2.53. The summed E-state index contributed by atoms with van der Waals surface area (Å²) in [5, 5.41) is 13.7. The van der Waals surface area contributed by atoms with Gasteiger partial charge in [-0.15, -0.1) is 0 Å². The lowest BCUT2D eigenvalue weighted by atomic mass is 9.94. The Morgan fingerprint density at radius 3 is 2.65 bits per heavy atom. The molecule has 1 fully saturated rings. The van der Waals surface area contributed by atoms with Crippen LogP contribution in [0.25, 0.3) is 5.76 Å². The maximum Gasteiger partial charge on any atom is 0.354 e. The van der Waals surface area contributed by atoms with Crippen molar-refractivity contribution in [3.05, 3.63) is 76.9 Å². The number of hydrogen-bond donors (Lipinski definition) is 2. The molecule has 1 aliphatic rings. The second-order valence-electron chi connectivity index (χ2n) is 8.07. The van der Waals surface area contributed by atoms with Crippen molar-refractivity contribution < 1.29 is 28.8 Å². The fourth-order valence-corrected chi connectivity index (χ4v) is 4.41. The molecule has 4 heterocycles. The first-order valence-corrected chi connectivity index (χ1v) is 10.8. The highest BCUT2D eigenvalue weighted by Crippen LogP contribution is 2.39. The highest BCUT2D eigenvalue weighted by molar-refractivity contribution is 6.46. The number of Topliss-reactive ketones (excluding diaryl/α,β-unsaturated/α-hetero) is 1. The Kier molecular flexibility index (Phi) is 6.31. The average Bonchev–Trinajstić information content (AvgIpc) is 3.52. The van der Waals surface area contributed by atoms with Gasteiger partial charge in [0.1, 0.15) is 18.1 Å². The number of nitrogens with one attached hydrogen (secondary N) is 2. The number of hydrogen-bond acceptors (Lipinski definition) is 6. The van der Waals surface area contributed by atoms with Crippen molar-refractivity contribution in [3.8, 4) is 0 Å². The van der Waals surface area contributed by atoms with Gasteiger partial charge in [-0.05, 0) is 42.7 Å². The van der Waals surface area contributed by atoms with Gasteiger partial charge in [0.25, 0.3) is 5.91 Å². The molecule has 0 aromatic carbocycles. The number of nitrogens with zero attached hydrogens (tertiary/aromatic N) is 3. The number of aromatic amines is 2. The smallest absolute Gasteiger partial charge is 0.354 e. The lowest BCUT2D eigenvalue weighted by Gasteiger charge is -2.27. The predicted molar refractivity (Wildman–Crippen MR) is 118 cm³/mol. The van der Waals surface area contributed by atoms with Crippen molar-refractivity contribution in [2.75, 3.05) is 13.7 Å². The summed E-state index contributed by atoms with van der Waals surface area (Å²) in [5.41, 5.74) is 1.62. The fraction of sp³-hybridized carbons (Fsp3) is 0.292. The monoisotopic (exact) mass is 463 g/mol. The van der Waals surface area contributed by atoms with Crippen LogP contribution < -0.4 is 9.67 Å². The zero-order valence-corrected chi connectivity index (χ0v) is 19.1. The molecule has 1 aliphatic heterocycles. The van der Waals surface area contributed by atoms with Crippen LogP contribution in [0.15, 0.2) is 48.8 Å². The molecule has 3 aromatic heterocycles. The molecule has 0 saturated carbocycles. The van der Waals surface area contributed by atoms with Gasteiger partial charge in [-0.3, -0.25) is 19.6 Å². The Balaban J connectivity index is 1.78. The van der Waals surface area contributed by atoms with Gasteiger partial charge in [-0.25, -0.2) is 9.36 Å². The van der Waals surface area contributed by atoms with Crippen LogP contribution in [0.3, 0.4) is 0 Å². The number of carbonyl (C=O) groups is 3. The van der Waals surface area contributed by atoms with Crippen molar-refractivity contribution in [2.24, 2.45) is 0 Å². The number of H-pyrrole nitrogens is 2. The van der Waals surface area contributed by atoms with E-state index in [9.17, 15) is 19.5 Å². The van der Waals surface area contributed by atoms with Gasteiger partial charge in [0, 0.05) is 36.6 Å². The standard InChI is InChI=1S/C24H25N5O5/c1-14-17(15(2)27-19(14)24(33)34-3)21(30)18-20(16-5-7-25-8-6-16)29(23(32)22(18)31)11-4-10-28-12-9-26-13-28/h5-9,12-13,20H,4,10-11H2,1-3H3,(H2,27,30,31,33). The van der Waals surface area contributed by atoms with Gasteiger partial charge in [-0.1, -0.05) is 5.76 Å². The molecule has 1 saturated heterocycles. The molecule has 1 unspecified atom stereocenters. The zero-order chi connectivity index (χ0) is 24.4. The number of ketones is 1. The van der Waals surface area contributed by atoms with Crippen molar-refractivity contribution in [1.29, 1.82) is 0 Å². The second kappa shape index (κ2) is 9.34. The molecule has 0 spiro atoms. The van der Waals surface area contributed by atoms with E-state index in [0.717, 1.165) is 0 Å². The first-order chi connectivity index (χ1) is 16.3. The zero-order valence-electron chi connectivity index (χ0n) is 19.1. The molecule has 1 amide bonds. The van der Waals surface area contributed by atoms with Gasteiger partial charge in [0.05, 0.1) is 19.7 Å². The number of ether oxygens (including phenoxy) is 1. The van der Waals surface area contributed by atoms with E-state index in [1.54, 1.807) is 50.9 Å². The minimum absolute atomic E-state index is 0.132. The fourth-order valence-electron chi connectivity index (χ4n) is 4.41.